The second kappa shape index (κ2) is 3.00. The van der Waals surface area contributed by atoms with Crippen molar-refractivity contribution < 1.29 is 14.7 Å². The van der Waals surface area contributed by atoms with E-state index in [4.69, 9.17) is 5.11 Å². The number of nitrogens with one attached hydrogen (secondary N) is 1. The van der Waals surface area contributed by atoms with E-state index in [0.29, 0.717) is 6.54 Å². The first-order valence-corrected chi connectivity index (χ1v) is 3.83. The van der Waals surface area contributed by atoms with Gasteiger partial charge in [0.15, 0.2) is 0 Å². The number of rotatable bonds is 0. The molecule has 0 aromatic heterocycles. The maximum atomic E-state index is 11.0. The molecule has 1 saturated heterocycles. The summed E-state index contributed by atoms with van der Waals surface area (Å²) in [6.45, 7) is 3.75. The van der Waals surface area contributed by atoms with E-state index in [0.717, 1.165) is 0 Å². The lowest BCUT2D eigenvalue weighted by atomic mass is 10.1. The van der Waals surface area contributed by atoms with Gasteiger partial charge in [0.2, 0.25) is 5.91 Å². The molecular weight excluding hydrogens is 160 g/mol. The fourth-order valence-corrected chi connectivity index (χ4v) is 1.36. The summed E-state index contributed by atoms with van der Waals surface area (Å²) in [5, 5.41) is 11.4. The van der Waals surface area contributed by atoms with Crippen LogP contribution in [0.4, 0.5) is 4.79 Å². The van der Waals surface area contributed by atoms with Crippen LogP contribution in [0.3, 0.4) is 0 Å². The summed E-state index contributed by atoms with van der Waals surface area (Å²) in [4.78, 5) is 22.9. The third kappa shape index (κ3) is 1.34. The summed E-state index contributed by atoms with van der Waals surface area (Å²) in [7, 11) is 0. The SMILES string of the molecule is CC1CNC(=O)C(C)N1C(=O)O. The maximum absolute atomic E-state index is 11.0. The Labute approximate surface area is 70.4 Å². The Morgan fingerprint density at radius 1 is 1.67 bits per heavy atom. The van der Waals surface area contributed by atoms with Crippen LogP contribution in [-0.4, -0.2) is 40.6 Å². The second-order valence-electron chi connectivity index (χ2n) is 2.96. The van der Waals surface area contributed by atoms with E-state index in [1.807, 2.05) is 0 Å². The molecule has 0 aromatic rings. The van der Waals surface area contributed by atoms with Crippen LogP contribution in [-0.2, 0) is 4.79 Å². The Morgan fingerprint density at radius 2 is 2.25 bits per heavy atom. The topological polar surface area (TPSA) is 69.6 Å². The molecule has 0 aliphatic carbocycles. The molecule has 12 heavy (non-hydrogen) atoms. The van der Waals surface area contributed by atoms with Crippen LogP contribution in [0.1, 0.15) is 13.8 Å². The van der Waals surface area contributed by atoms with Crippen molar-refractivity contribution in [2.75, 3.05) is 6.54 Å². The van der Waals surface area contributed by atoms with Crippen molar-refractivity contribution in [3.05, 3.63) is 0 Å². The zero-order valence-electron chi connectivity index (χ0n) is 7.07. The van der Waals surface area contributed by atoms with Gasteiger partial charge >= 0.3 is 6.09 Å². The molecule has 0 bridgehead atoms. The average Bonchev–Trinajstić information content (AvgIpc) is 1.97. The summed E-state index contributed by atoms with van der Waals surface area (Å²) >= 11 is 0. The number of amides is 2. The Kier molecular flexibility index (Phi) is 2.21. The van der Waals surface area contributed by atoms with Crippen molar-refractivity contribution in [1.29, 1.82) is 0 Å². The van der Waals surface area contributed by atoms with Gasteiger partial charge in [-0.1, -0.05) is 0 Å². The molecule has 0 saturated carbocycles. The molecular formula is C7H12N2O3. The summed E-state index contributed by atoms with van der Waals surface area (Å²) in [6, 6.07) is -0.721. The number of nitrogens with zero attached hydrogens (tertiary/aromatic N) is 1. The van der Waals surface area contributed by atoms with Gasteiger partial charge in [0.05, 0.1) is 6.04 Å². The van der Waals surface area contributed by atoms with Crippen LogP contribution >= 0.6 is 0 Å². The summed E-state index contributed by atoms with van der Waals surface area (Å²) in [5.41, 5.74) is 0. The van der Waals surface area contributed by atoms with Crippen molar-refractivity contribution in [3.63, 3.8) is 0 Å². The molecule has 1 fully saturated rings. The first kappa shape index (κ1) is 8.83. The molecule has 0 radical (unpaired) electrons. The van der Waals surface area contributed by atoms with Crippen molar-refractivity contribution in [2.24, 2.45) is 0 Å². The monoisotopic (exact) mass is 172 g/mol. The molecule has 68 valence electrons. The summed E-state index contributed by atoms with van der Waals surface area (Å²) in [5.74, 6) is -0.226. The minimum Gasteiger partial charge on any atom is -0.465 e. The lowest BCUT2D eigenvalue weighted by Gasteiger charge is -2.35. The largest absolute Gasteiger partial charge is 0.465 e. The molecule has 5 nitrogen and oxygen atoms in total. The van der Waals surface area contributed by atoms with Crippen LogP contribution in [0.15, 0.2) is 0 Å². The molecule has 2 atom stereocenters. The van der Waals surface area contributed by atoms with Gasteiger partial charge in [0, 0.05) is 6.54 Å². The smallest absolute Gasteiger partial charge is 0.408 e. The van der Waals surface area contributed by atoms with E-state index in [2.05, 4.69) is 5.32 Å². The number of carbonyl (C=O) groups is 2. The molecule has 5 heteroatoms. The first-order valence-electron chi connectivity index (χ1n) is 3.83. The molecule has 1 heterocycles. The second-order valence-corrected chi connectivity index (χ2v) is 2.96. The number of carbonyl (C=O) groups excluding carboxylic acids is 1. The quantitative estimate of drug-likeness (QED) is 0.535. The number of hydrogen-bond donors (Lipinski definition) is 2. The average molecular weight is 172 g/mol. The fourth-order valence-electron chi connectivity index (χ4n) is 1.36. The Bertz CT molecular complexity index is 217. The Balaban J connectivity index is 2.78. The predicted octanol–water partition coefficient (Wildman–Crippen LogP) is -0.127. The summed E-state index contributed by atoms with van der Waals surface area (Å²) < 4.78 is 0. The minimum absolute atomic E-state index is 0.143. The van der Waals surface area contributed by atoms with Gasteiger partial charge in [-0.15, -0.1) is 0 Å². The molecule has 0 spiro atoms. The lowest BCUT2D eigenvalue weighted by molar-refractivity contribution is -0.128. The van der Waals surface area contributed by atoms with Gasteiger partial charge in [-0.2, -0.15) is 0 Å². The van der Waals surface area contributed by atoms with Gasteiger partial charge in [-0.25, -0.2) is 4.79 Å². The van der Waals surface area contributed by atoms with E-state index in [9.17, 15) is 9.59 Å². The Hall–Kier alpha value is -1.26. The van der Waals surface area contributed by atoms with Crippen LogP contribution in [0.25, 0.3) is 0 Å². The standard InChI is InChI=1S/C7H12N2O3/c1-4-3-8-6(10)5(2)9(4)7(11)12/h4-5H,3H2,1-2H3,(H,8,10)(H,11,12). The highest BCUT2D eigenvalue weighted by Crippen LogP contribution is 2.10. The fraction of sp³-hybridized carbons (Fsp3) is 0.714. The highest BCUT2D eigenvalue weighted by atomic mass is 16.4. The van der Waals surface area contributed by atoms with Gasteiger partial charge in [0.1, 0.15) is 6.04 Å². The van der Waals surface area contributed by atoms with Crippen molar-refractivity contribution in [1.82, 2.24) is 10.2 Å². The van der Waals surface area contributed by atoms with Gasteiger partial charge in [-0.05, 0) is 13.8 Å². The third-order valence-electron chi connectivity index (χ3n) is 2.06. The summed E-state index contributed by atoms with van der Waals surface area (Å²) in [6.07, 6.45) is -1.04. The van der Waals surface area contributed by atoms with Crippen LogP contribution in [0.2, 0.25) is 0 Å². The van der Waals surface area contributed by atoms with E-state index in [1.165, 1.54) is 4.90 Å². The van der Waals surface area contributed by atoms with Crippen molar-refractivity contribution in [3.8, 4) is 0 Å². The Morgan fingerprint density at radius 3 is 2.67 bits per heavy atom. The van der Waals surface area contributed by atoms with Crippen LogP contribution in [0, 0.1) is 0 Å². The molecule has 0 aromatic carbocycles. The molecule has 1 aliphatic rings. The van der Waals surface area contributed by atoms with E-state index < -0.39 is 12.1 Å². The number of hydrogen-bond acceptors (Lipinski definition) is 2. The number of piperazine rings is 1. The first-order chi connectivity index (χ1) is 5.54. The van der Waals surface area contributed by atoms with Crippen molar-refractivity contribution in [2.45, 2.75) is 25.9 Å². The zero-order chi connectivity index (χ0) is 9.30. The molecule has 2 unspecified atom stereocenters. The van der Waals surface area contributed by atoms with Crippen molar-refractivity contribution >= 4 is 12.0 Å². The number of carboxylic acid groups (broad SMARTS) is 1. The zero-order valence-corrected chi connectivity index (χ0v) is 7.07. The highest BCUT2D eigenvalue weighted by Gasteiger charge is 2.33. The van der Waals surface area contributed by atoms with E-state index in [-0.39, 0.29) is 11.9 Å². The molecule has 2 N–H and O–H groups in total. The minimum atomic E-state index is -1.04. The highest BCUT2D eigenvalue weighted by molar-refractivity contribution is 5.86. The molecule has 1 rings (SSSR count). The van der Waals surface area contributed by atoms with Gasteiger partial charge in [-0.3, -0.25) is 9.69 Å². The third-order valence-corrected chi connectivity index (χ3v) is 2.06. The van der Waals surface area contributed by atoms with E-state index >= 15 is 0 Å². The lowest BCUT2D eigenvalue weighted by Crippen LogP contribution is -2.59. The molecule has 1 aliphatic heterocycles. The predicted molar refractivity (Wildman–Crippen MR) is 41.8 cm³/mol. The van der Waals surface area contributed by atoms with Crippen LogP contribution in [0.5, 0.6) is 0 Å². The van der Waals surface area contributed by atoms with Crippen LogP contribution < -0.4 is 5.32 Å². The normalized spacial score (nSPS) is 29.8. The maximum Gasteiger partial charge on any atom is 0.408 e. The molecule has 2 amide bonds. The van der Waals surface area contributed by atoms with Gasteiger partial charge in [0.25, 0.3) is 0 Å². The van der Waals surface area contributed by atoms with Gasteiger partial charge < -0.3 is 10.4 Å². The van der Waals surface area contributed by atoms with E-state index in [1.54, 1.807) is 13.8 Å².